The summed E-state index contributed by atoms with van der Waals surface area (Å²) in [6, 6.07) is 55.5. The molecule has 0 radical (unpaired) electrons. The van der Waals surface area contributed by atoms with Gasteiger partial charge in [-0.1, -0.05) is 146 Å². The van der Waals surface area contributed by atoms with E-state index in [9.17, 15) is 0 Å². The van der Waals surface area contributed by atoms with Crippen LogP contribution in [0.2, 0.25) is 0 Å². The summed E-state index contributed by atoms with van der Waals surface area (Å²) in [6.07, 6.45) is 4.26. The van der Waals surface area contributed by atoms with Crippen molar-refractivity contribution in [1.29, 1.82) is 0 Å². The molecule has 0 atom stereocenters. The minimum atomic E-state index is 1.04. The quantitative estimate of drug-likeness (QED) is 0.173. The first-order valence-corrected chi connectivity index (χ1v) is 15.8. The van der Waals surface area contributed by atoms with Crippen LogP contribution < -0.4 is 4.90 Å². The highest BCUT2D eigenvalue weighted by atomic mass is 15.1. The molecule has 0 N–H and O–H groups in total. The molecule has 0 saturated heterocycles. The van der Waals surface area contributed by atoms with E-state index in [2.05, 4.69) is 202 Å². The van der Waals surface area contributed by atoms with Crippen molar-refractivity contribution in [3.05, 3.63) is 198 Å². The average molecular weight is 594 g/mol. The van der Waals surface area contributed by atoms with Crippen LogP contribution in [-0.4, -0.2) is 0 Å². The zero-order chi connectivity index (χ0) is 31.9. The SMILES string of the molecule is C=C(/C=C\c1ccccc1C)c1cccc2cccc(C)c12.Cc1ccc(N(c2ccccc2)c2ccc3ccccc3c2)cc1. The number of para-hydroxylation sites is 1. The molecule has 0 heterocycles. The van der Waals surface area contributed by atoms with Gasteiger partial charge in [-0.2, -0.15) is 0 Å². The maximum absolute atomic E-state index is 4.27. The highest BCUT2D eigenvalue weighted by Gasteiger charge is 2.12. The van der Waals surface area contributed by atoms with Crippen molar-refractivity contribution in [3.8, 4) is 0 Å². The number of rotatable bonds is 6. The lowest BCUT2D eigenvalue weighted by molar-refractivity contribution is 1.28. The third-order valence-electron chi connectivity index (χ3n) is 8.41. The van der Waals surface area contributed by atoms with Gasteiger partial charge >= 0.3 is 0 Å². The molecule has 7 aromatic carbocycles. The van der Waals surface area contributed by atoms with Gasteiger partial charge in [0.25, 0.3) is 0 Å². The Morgan fingerprint density at radius 2 is 1.09 bits per heavy atom. The topological polar surface area (TPSA) is 3.24 Å². The Labute approximate surface area is 273 Å². The predicted octanol–water partition coefficient (Wildman–Crippen LogP) is 12.8. The number of hydrogen-bond acceptors (Lipinski definition) is 1. The van der Waals surface area contributed by atoms with Crippen molar-refractivity contribution >= 4 is 50.3 Å². The van der Waals surface area contributed by atoms with Crippen LogP contribution in [0, 0.1) is 20.8 Å². The van der Waals surface area contributed by atoms with E-state index in [1.54, 1.807) is 0 Å². The Morgan fingerprint density at radius 3 is 1.85 bits per heavy atom. The molecular formula is C45H39N. The van der Waals surface area contributed by atoms with E-state index in [0.29, 0.717) is 0 Å². The molecule has 1 nitrogen and oxygen atoms in total. The third-order valence-corrected chi connectivity index (χ3v) is 8.41. The first-order chi connectivity index (χ1) is 22.5. The number of hydrogen-bond donors (Lipinski definition) is 0. The molecule has 1 heteroatoms. The standard InChI is InChI=1S/C23H19N.C22H20/c1-18-11-14-22(15-12-18)24(21-9-3-2-4-10-21)23-16-13-19-7-5-6-8-20(19)17-23;1-16-8-4-5-10-19(16)15-14-17(2)21-13-7-12-20-11-6-9-18(3)22(20)21/h2-17H,1H3;4-15H,2H2,1,3H3/b;15-14-. The number of nitrogens with zero attached hydrogens (tertiary/aromatic N) is 1. The minimum Gasteiger partial charge on any atom is -0.310 e. The zero-order valence-electron chi connectivity index (χ0n) is 26.8. The summed E-state index contributed by atoms with van der Waals surface area (Å²) in [5.74, 6) is 0. The molecule has 0 aliphatic rings. The molecule has 0 amide bonds. The highest BCUT2D eigenvalue weighted by Crippen LogP contribution is 2.36. The first-order valence-electron chi connectivity index (χ1n) is 15.8. The lowest BCUT2D eigenvalue weighted by Gasteiger charge is -2.25. The van der Waals surface area contributed by atoms with Crippen LogP contribution in [0.5, 0.6) is 0 Å². The number of aryl methyl sites for hydroxylation is 3. The molecule has 224 valence electrons. The monoisotopic (exact) mass is 593 g/mol. The second-order valence-corrected chi connectivity index (χ2v) is 11.7. The number of anilines is 3. The molecule has 0 spiro atoms. The van der Waals surface area contributed by atoms with Crippen molar-refractivity contribution in [2.45, 2.75) is 20.8 Å². The number of benzene rings is 7. The summed E-state index contributed by atoms with van der Waals surface area (Å²) in [7, 11) is 0. The molecule has 0 saturated carbocycles. The van der Waals surface area contributed by atoms with Gasteiger partial charge in [-0.25, -0.2) is 0 Å². The molecule has 0 bridgehead atoms. The van der Waals surface area contributed by atoms with Crippen molar-refractivity contribution in [2.24, 2.45) is 0 Å². The van der Waals surface area contributed by atoms with Gasteiger partial charge in [0, 0.05) is 17.1 Å². The highest BCUT2D eigenvalue weighted by molar-refractivity contribution is 5.98. The van der Waals surface area contributed by atoms with Gasteiger partial charge in [0.1, 0.15) is 0 Å². The van der Waals surface area contributed by atoms with Crippen LogP contribution in [0.1, 0.15) is 27.8 Å². The van der Waals surface area contributed by atoms with Gasteiger partial charge in [-0.3, -0.25) is 0 Å². The van der Waals surface area contributed by atoms with Crippen LogP contribution >= 0.6 is 0 Å². The third kappa shape index (κ3) is 6.85. The summed E-state index contributed by atoms with van der Waals surface area (Å²) in [5.41, 5.74) is 10.8. The Bertz CT molecular complexity index is 2130. The summed E-state index contributed by atoms with van der Waals surface area (Å²) in [5, 5.41) is 5.08. The molecule has 0 aromatic heterocycles. The predicted molar refractivity (Wildman–Crippen MR) is 201 cm³/mol. The minimum absolute atomic E-state index is 1.04. The number of allylic oxidation sites excluding steroid dienone is 2. The summed E-state index contributed by atoms with van der Waals surface area (Å²) < 4.78 is 0. The Morgan fingerprint density at radius 1 is 0.500 bits per heavy atom. The van der Waals surface area contributed by atoms with E-state index in [0.717, 1.165) is 11.3 Å². The summed E-state index contributed by atoms with van der Waals surface area (Å²) in [6.45, 7) is 10.7. The van der Waals surface area contributed by atoms with Crippen LogP contribution in [0.15, 0.2) is 170 Å². The Balaban J connectivity index is 0.000000162. The smallest absolute Gasteiger partial charge is 0.0468 e. The van der Waals surface area contributed by atoms with Crippen molar-refractivity contribution in [3.63, 3.8) is 0 Å². The normalized spacial score (nSPS) is 10.9. The van der Waals surface area contributed by atoms with Crippen molar-refractivity contribution in [2.75, 3.05) is 4.90 Å². The van der Waals surface area contributed by atoms with Crippen molar-refractivity contribution < 1.29 is 0 Å². The molecule has 7 aromatic rings. The van der Waals surface area contributed by atoms with Crippen LogP contribution in [0.25, 0.3) is 33.2 Å². The van der Waals surface area contributed by atoms with Crippen LogP contribution in [0.3, 0.4) is 0 Å². The first kappa shape index (κ1) is 30.4. The fraction of sp³-hybridized carbons (Fsp3) is 0.0667. The lowest BCUT2D eigenvalue weighted by Crippen LogP contribution is -2.09. The van der Waals surface area contributed by atoms with Gasteiger partial charge in [-0.15, -0.1) is 0 Å². The second kappa shape index (κ2) is 14.0. The van der Waals surface area contributed by atoms with Crippen LogP contribution in [0.4, 0.5) is 17.1 Å². The van der Waals surface area contributed by atoms with E-state index in [4.69, 9.17) is 0 Å². The number of fused-ring (bicyclic) bond motifs is 2. The van der Waals surface area contributed by atoms with E-state index < -0.39 is 0 Å². The van der Waals surface area contributed by atoms with Gasteiger partial charge in [0.15, 0.2) is 0 Å². The fourth-order valence-corrected chi connectivity index (χ4v) is 5.88. The lowest BCUT2D eigenvalue weighted by atomic mass is 9.95. The van der Waals surface area contributed by atoms with E-state index in [-0.39, 0.29) is 0 Å². The molecular weight excluding hydrogens is 555 g/mol. The van der Waals surface area contributed by atoms with Crippen molar-refractivity contribution in [1.82, 2.24) is 0 Å². The Kier molecular flexibility index (Phi) is 9.22. The van der Waals surface area contributed by atoms with Gasteiger partial charge < -0.3 is 4.90 Å². The molecule has 0 fully saturated rings. The maximum Gasteiger partial charge on any atom is 0.0468 e. The van der Waals surface area contributed by atoms with Gasteiger partial charge in [-0.05, 0) is 107 Å². The fourth-order valence-electron chi connectivity index (χ4n) is 5.88. The maximum atomic E-state index is 4.27. The summed E-state index contributed by atoms with van der Waals surface area (Å²) in [4.78, 5) is 2.30. The largest absolute Gasteiger partial charge is 0.310 e. The van der Waals surface area contributed by atoms with Gasteiger partial charge in [0.2, 0.25) is 0 Å². The molecule has 46 heavy (non-hydrogen) atoms. The Hall–Kier alpha value is -5.66. The van der Waals surface area contributed by atoms with E-state index in [1.165, 1.54) is 60.7 Å². The molecule has 7 rings (SSSR count). The zero-order valence-corrected chi connectivity index (χ0v) is 26.8. The van der Waals surface area contributed by atoms with Gasteiger partial charge in [0.05, 0.1) is 0 Å². The average Bonchev–Trinajstić information content (AvgIpc) is 3.09. The molecule has 0 unspecified atom stereocenters. The summed E-state index contributed by atoms with van der Waals surface area (Å²) >= 11 is 0. The van der Waals surface area contributed by atoms with E-state index >= 15 is 0 Å². The molecule has 0 aliphatic heterocycles. The van der Waals surface area contributed by atoms with E-state index in [1.807, 2.05) is 0 Å². The second-order valence-electron chi connectivity index (χ2n) is 11.7. The van der Waals surface area contributed by atoms with Crippen LogP contribution in [-0.2, 0) is 0 Å². The molecule has 0 aliphatic carbocycles.